The number of carbonyl (C=O) groups excluding carboxylic acids is 1. The van der Waals surface area contributed by atoms with Gasteiger partial charge in [-0.15, -0.1) is 0 Å². The third kappa shape index (κ3) is 3.75. The van der Waals surface area contributed by atoms with Crippen molar-refractivity contribution in [3.8, 4) is 5.75 Å². The highest BCUT2D eigenvalue weighted by molar-refractivity contribution is 5.84. The zero-order valence-electron chi connectivity index (χ0n) is 17.0. The Morgan fingerprint density at radius 3 is 2.53 bits per heavy atom. The second-order valence-corrected chi connectivity index (χ2v) is 7.84. The Bertz CT molecular complexity index is 1190. The van der Waals surface area contributed by atoms with Crippen molar-refractivity contribution in [2.24, 2.45) is 0 Å². The molecule has 0 atom stereocenters. The van der Waals surface area contributed by atoms with Crippen molar-refractivity contribution in [2.75, 3.05) is 13.1 Å². The monoisotopic (exact) mass is 399 g/mol. The second-order valence-electron chi connectivity index (χ2n) is 7.84. The van der Waals surface area contributed by atoms with Crippen LogP contribution in [0.25, 0.3) is 21.8 Å². The van der Waals surface area contributed by atoms with Crippen LogP contribution in [0.2, 0.25) is 0 Å². The summed E-state index contributed by atoms with van der Waals surface area (Å²) in [5.41, 5.74) is 1.86. The van der Waals surface area contributed by atoms with Crippen LogP contribution in [0.5, 0.6) is 5.75 Å². The first-order valence-electron chi connectivity index (χ1n) is 10.6. The number of piperidine rings is 1. The van der Waals surface area contributed by atoms with E-state index >= 15 is 0 Å². The lowest BCUT2D eigenvalue weighted by molar-refractivity contribution is -0.132. The third-order valence-electron chi connectivity index (χ3n) is 5.82. The third-order valence-corrected chi connectivity index (χ3v) is 5.82. The molecule has 1 aliphatic heterocycles. The number of nitrogens with zero attached hydrogens (tertiary/aromatic N) is 3. The summed E-state index contributed by atoms with van der Waals surface area (Å²) in [6.07, 6.45) is 3.39. The van der Waals surface area contributed by atoms with Gasteiger partial charge in [-0.05, 0) is 54.3 Å². The van der Waals surface area contributed by atoms with E-state index in [1.54, 1.807) is 0 Å². The maximum Gasteiger partial charge on any atom is 0.242 e. The van der Waals surface area contributed by atoms with Gasteiger partial charge in [0.15, 0.2) is 0 Å². The molecule has 0 bridgehead atoms. The van der Waals surface area contributed by atoms with E-state index < -0.39 is 0 Å². The van der Waals surface area contributed by atoms with Gasteiger partial charge in [-0.1, -0.05) is 42.5 Å². The number of carbonyl (C=O) groups is 1. The first-order valence-corrected chi connectivity index (χ1v) is 10.6. The number of hydrogen-bond donors (Lipinski definition) is 0. The summed E-state index contributed by atoms with van der Waals surface area (Å²) >= 11 is 0. The maximum absolute atomic E-state index is 12.9. The van der Waals surface area contributed by atoms with Gasteiger partial charge in [-0.2, -0.15) is 0 Å². The molecule has 1 saturated heterocycles. The van der Waals surface area contributed by atoms with Crippen LogP contribution in [0.1, 0.15) is 25.1 Å². The Morgan fingerprint density at radius 2 is 1.67 bits per heavy atom. The minimum absolute atomic E-state index is 0.157. The first-order chi connectivity index (χ1) is 14.8. The highest BCUT2D eigenvalue weighted by Gasteiger charge is 2.20. The summed E-state index contributed by atoms with van der Waals surface area (Å²) < 4.78 is 8.10. The van der Waals surface area contributed by atoms with Crippen molar-refractivity contribution in [1.29, 1.82) is 0 Å². The number of fused-ring (bicyclic) bond motifs is 2. The lowest BCUT2D eigenvalue weighted by Gasteiger charge is -2.27. The van der Waals surface area contributed by atoms with Gasteiger partial charge < -0.3 is 14.2 Å². The molecule has 4 aromatic rings. The Morgan fingerprint density at radius 1 is 0.900 bits per heavy atom. The van der Waals surface area contributed by atoms with Crippen molar-refractivity contribution >= 4 is 27.7 Å². The molecule has 0 unspecified atom stereocenters. The Balaban J connectivity index is 1.40. The average Bonchev–Trinajstić information content (AvgIpc) is 3.15. The minimum atomic E-state index is 0.157. The van der Waals surface area contributed by atoms with Crippen LogP contribution < -0.4 is 4.74 Å². The number of amides is 1. The zero-order chi connectivity index (χ0) is 20.3. The lowest BCUT2D eigenvalue weighted by Crippen LogP contribution is -2.38. The zero-order valence-corrected chi connectivity index (χ0v) is 17.0. The molecule has 1 aliphatic rings. The summed E-state index contributed by atoms with van der Waals surface area (Å²) in [6.45, 7) is 2.33. The minimum Gasteiger partial charge on any atom is -0.486 e. The van der Waals surface area contributed by atoms with Crippen LogP contribution in [0, 0.1) is 0 Å². The van der Waals surface area contributed by atoms with Crippen molar-refractivity contribution < 1.29 is 9.53 Å². The van der Waals surface area contributed by atoms with Gasteiger partial charge in [0.2, 0.25) is 5.91 Å². The van der Waals surface area contributed by atoms with E-state index in [2.05, 4.69) is 18.2 Å². The van der Waals surface area contributed by atoms with Gasteiger partial charge in [0.05, 0.1) is 11.0 Å². The van der Waals surface area contributed by atoms with Gasteiger partial charge in [0, 0.05) is 13.1 Å². The summed E-state index contributed by atoms with van der Waals surface area (Å²) in [7, 11) is 0. The quantitative estimate of drug-likeness (QED) is 0.485. The fourth-order valence-corrected chi connectivity index (χ4v) is 4.20. The molecule has 1 amide bonds. The predicted molar refractivity (Wildman–Crippen MR) is 118 cm³/mol. The Labute approximate surface area is 175 Å². The predicted octanol–water partition coefficient (Wildman–Crippen LogP) is 4.78. The van der Waals surface area contributed by atoms with Gasteiger partial charge in [0.1, 0.15) is 24.7 Å². The van der Waals surface area contributed by atoms with Crippen LogP contribution in [0.15, 0.2) is 66.7 Å². The molecule has 152 valence electrons. The molecule has 30 heavy (non-hydrogen) atoms. The summed E-state index contributed by atoms with van der Waals surface area (Å²) in [5, 5.41) is 2.33. The molecule has 3 aromatic carbocycles. The van der Waals surface area contributed by atoms with Crippen molar-refractivity contribution in [3.63, 3.8) is 0 Å². The SMILES string of the molecule is O=C(Cn1c(COc2ccc3ccccc3c2)nc2ccccc21)N1CCCCC1. The molecule has 0 aliphatic carbocycles. The van der Waals surface area contributed by atoms with E-state index in [1.165, 1.54) is 11.8 Å². The summed E-state index contributed by atoms with van der Waals surface area (Å²) in [5.74, 6) is 1.73. The average molecular weight is 399 g/mol. The molecule has 2 heterocycles. The Kier molecular flexibility index (Phi) is 5.10. The van der Waals surface area contributed by atoms with Crippen LogP contribution in [0.4, 0.5) is 0 Å². The van der Waals surface area contributed by atoms with Crippen LogP contribution in [-0.4, -0.2) is 33.4 Å². The molecule has 5 nitrogen and oxygen atoms in total. The van der Waals surface area contributed by atoms with Gasteiger partial charge in [-0.25, -0.2) is 4.98 Å². The summed E-state index contributed by atoms with van der Waals surface area (Å²) in [4.78, 5) is 19.7. The van der Waals surface area contributed by atoms with Crippen molar-refractivity contribution in [2.45, 2.75) is 32.4 Å². The van der Waals surface area contributed by atoms with Gasteiger partial charge in [0.25, 0.3) is 0 Å². The first kappa shape index (κ1) is 18.7. The van der Waals surface area contributed by atoms with Crippen molar-refractivity contribution in [3.05, 3.63) is 72.6 Å². The number of para-hydroxylation sites is 2. The fraction of sp³-hybridized carbons (Fsp3) is 0.280. The Hall–Kier alpha value is -3.34. The highest BCUT2D eigenvalue weighted by Crippen LogP contribution is 2.23. The van der Waals surface area contributed by atoms with Gasteiger partial charge in [-0.3, -0.25) is 4.79 Å². The van der Waals surface area contributed by atoms with E-state index in [-0.39, 0.29) is 5.91 Å². The standard InChI is InChI=1S/C25H25N3O2/c29-25(27-14-6-1-7-15-27)17-28-23-11-5-4-10-22(23)26-24(28)18-30-21-13-12-19-8-2-3-9-20(19)16-21/h2-5,8-13,16H,1,6-7,14-15,17-18H2. The molecule has 0 radical (unpaired) electrons. The molecular formula is C25H25N3O2. The molecular weight excluding hydrogens is 374 g/mol. The van der Waals surface area contributed by atoms with Crippen LogP contribution >= 0.6 is 0 Å². The van der Waals surface area contributed by atoms with Crippen LogP contribution in [0.3, 0.4) is 0 Å². The van der Waals surface area contributed by atoms with Gasteiger partial charge >= 0.3 is 0 Å². The normalized spacial score (nSPS) is 14.3. The van der Waals surface area contributed by atoms with E-state index in [9.17, 15) is 4.79 Å². The fourth-order valence-electron chi connectivity index (χ4n) is 4.20. The van der Waals surface area contributed by atoms with Crippen LogP contribution in [-0.2, 0) is 17.9 Å². The smallest absolute Gasteiger partial charge is 0.242 e. The molecule has 0 spiro atoms. The molecule has 0 N–H and O–H groups in total. The highest BCUT2D eigenvalue weighted by atomic mass is 16.5. The molecule has 0 saturated carbocycles. The number of benzene rings is 3. The second kappa shape index (κ2) is 8.19. The van der Waals surface area contributed by atoms with E-state index in [1.807, 2.05) is 58.0 Å². The maximum atomic E-state index is 12.9. The van der Waals surface area contributed by atoms with E-state index in [0.29, 0.717) is 13.2 Å². The number of hydrogen-bond acceptors (Lipinski definition) is 3. The number of aromatic nitrogens is 2. The van der Waals surface area contributed by atoms with E-state index in [0.717, 1.165) is 53.9 Å². The van der Waals surface area contributed by atoms with Crippen molar-refractivity contribution in [1.82, 2.24) is 14.5 Å². The van der Waals surface area contributed by atoms with E-state index in [4.69, 9.17) is 9.72 Å². The molecule has 5 rings (SSSR count). The number of likely N-dealkylation sites (tertiary alicyclic amines) is 1. The molecule has 1 fully saturated rings. The summed E-state index contributed by atoms with van der Waals surface area (Å²) in [6, 6.07) is 22.3. The molecule has 5 heteroatoms. The lowest BCUT2D eigenvalue weighted by atomic mass is 10.1. The number of imidazole rings is 1. The number of ether oxygens (including phenoxy) is 1. The molecule has 1 aromatic heterocycles. The largest absolute Gasteiger partial charge is 0.486 e. The topological polar surface area (TPSA) is 47.4 Å². The number of rotatable bonds is 5.